The summed E-state index contributed by atoms with van der Waals surface area (Å²) in [5, 5.41) is 0. The fourth-order valence-corrected chi connectivity index (χ4v) is 2.04. The minimum absolute atomic E-state index is 0.0977. The number of nitrogens with two attached hydrogens (primary N) is 1. The molecule has 1 rings (SSSR count). The zero-order chi connectivity index (χ0) is 15.1. The SMILES string of the molecule is Cc1cc(C)c(C)c(OCCC(=O)N(C)CCCN)c1. The molecule has 0 fully saturated rings. The van der Waals surface area contributed by atoms with Crippen molar-refractivity contribution in [2.24, 2.45) is 5.73 Å². The van der Waals surface area contributed by atoms with E-state index in [2.05, 4.69) is 13.0 Å². The van der Waals surface area contributed by atoms with Crippen LogP contribution >= 0.6 is 0 Å². The molecular formula is C16H26N2O2. The molecule has 0 heterocycles. The maximum atomic E-state index is 11.9. The largest absolute Gasteiger partial charge is 0.493 e. The fraction of sp³-hybridized carbons (Fsp3) is 0.562. The summed E-state index contributed by atoms with van der Waals surface area (Å²) in [6.07, 6.45) is 1.23. The summed E-state index contributed by atoms with van der Waals surface area (Å²) in [4.78, 5) is 13.6. The Morgan fingerprint density at radius 3 is 2.65 bits per heavy atom. The molecule has 0 atom stereocenters. The summed E-state index contributed by atoms with van der Waals surface area (Å²) in [6.45, 7) is 7.88. The van der Waals surface area contributed by atoms with E-state index in [1.54, 1.807) is 11.9 Å². The number of rotatable bonds is 7. The van der Waals surface area contributed by atoms with Crippen LogP contribution in [0.5, 0.6) is 5.75 Å². The first-order valence-corrected chi connectivity index (χ1v) is 7.10. The molecule has 0 saturated heterocycles. The van der Waals surface area contributed by atoms with Gasteiger partial charge in [0.05, 0.1) is 13.0 Å². The molecule has 0 aliphatic heterocycles. The van der Waals surface area contributed by atoms with Gasteiger partial charge >= 0.3 is 0 Å². The topological polar surface area (TPSA) is 55.6 Å². The number of amides is 1. The van der Waals surface area contributed by atoms with Crippen molar-refractivity contribution in [2.75, 3.05) is 26.7 Å². The third-order valence-corrected chi connectivity index (χ3v) is 3.46. The Bertz CT molecular complexity index is 458. The standard InChI is InChI=1S/C16H26N2O2/c1-12-10-13(2)14(3)15(11-12)20-9-6-16(19)18(4)8-5-7-17/h10-11H,5-9,17H2,1-4H3. The minimum Gasteiger partial charge on any atom is -0.493 e. The monoisotopic (exact) mass is 278 g/mol. The first kappa shape index (κ1) is 16.5. The van der Waals surface area contributed by atoms with Crippen LogP contribution in [0.15, 0.2) is 12.1 Å². The van der Waals surface area contributed by atoms with E-state index in [0.29, 0.717) is 26.1 Å². The lowest BCUT2D eigenvalue weighted by Crippen LogP contribution is -2.30. The van der Waals surface area contributed by atoms with Crippen molar-refractivity contribution in [3.8, 4) is 5.75 Å². The molecule has 0 aliphatic rings. The molecule has 0 aliphatic carbocycles. The second-order valence-electron chi connectivity index (χ2n) is 5.26. The number of ether oxygens (including phenoxy) is 1. The molecule has 112 valence electrons. The van der Waals surface area contributed by atoms with Crippen LogP contribution in [-0.4, -0.2) is 37.6 Å². The van der Waals surface area contributed by atoms with Crippen molar-refractivity contribution in [3.63, 3.8) is 0 Å². The smallest absolute Gasteiger partial charge is 0.225 e. The van der Waals surface area contributed by atoms with E-state index in [-0.39, 0.29) is 5.91 Å². The van der Waals surface area contributed by atoms with Gasteiger partial charge in [-0.05, 0) is 56.5 Å². The van der Waals surface area contributed by atoms with E-state index < -0.39 is 0 Å². The summed E-state index contributed by atoms with van der Waals surface area (Å²) in [5.41, 5.74) is 8.96. The number of benzene rings is 1. The average molecular weight is 278 g/mol. The Hall–Kier alpha value is -1.55. The highest BCUT2D eigenvalue weighted by Gasteiger charge is 2.09. The van der Waals surface area contributed by atoms with Crippen molar-refractivity contribution in [2.45, 2.75) is 33.6 Å². The Labute approximate surface area is 121 Å². The predicted octanol–water partition coefficient (Wildman–Crippen LogP) is 2.19. The van der Waals surface area contributed by atoms with E-state index >= 15 is 0 Å². The van der Waals surface area contributed by atoms with Gasteiger partial charge in [0.25, 0.3) is 0 Å². The molecule has 1 aromatic rings. The highest BCUT2D eigenvalue weighted by molar-refractivity contribution is 5.75. The van der Waals surface area contributed by atoms with Crippen LogP contribution in [0.25, 0.3) is 0 Å². The van der Waals surface area contributed by atoms with Gasteiger partial charge < -0.3 is 15.4 Å². The first-order chi connectivity index (χ1) is 9.45. The van der Waals surface area contributed by atoms with Crippen LogP contribution < -0.4 is 10.5 Å². The summed E-state index contributed by atoms with van der Waals surface area (Å²) < 4.78 is 5.75. The summed E-state index contributed by atoms with van der Waals surface area (Å²) in [7, 11) is 1.81. The number of carbonyl (C=O) groups is 1. The van der Waals surface area contributed by atoms with Crippen LogP contribution in [0.3, 0.4) is 0 Å². The highest BCUT2D eigenvalue weighted by Crippen LogP contribution is 2.23. The number of hydrogen-bond acceptors (Lipinski definition) is 3. The van der Waals surface area contributed by atoms with Crippen molar-refractivity contribution >= 4 is 5.91 Å². The predicted molar refractivity (Wildman–Crippen MR) is 82.1 cm³/mol. The van der Waals surface area contributed by atoms with Gasteiger partial charge in [-0.15, -0.1) is 0 Å². The van der Waals surface area contributed by atoms with E-state index in [9.17, 15) is 4.79 Å². The van der Waals surface area contributed by atoms with Gasteiger partial charge in [-0.2, -0.15) is 0 Å². The van der Waals surface area contributed by atoms with Crippen LogP contribution in [0, 0.1) is 20.8 Å². The Kier molecular flexibility index (Phi) is 6.52. The lowest BCUT2D eigenvalue weighted by Gasteiger charge is -2.17. The van der Waals surface area contributed by atoms with Crippen LogP contribution in [-0.2, 0) is 4.79 Å². The van der Waals surface area contributed by atoms with Gasteiger partial charge in [0.1, 0.15) is 5.75 Å². The number of nitrogens with zero attached hydrogens (tertiary/aromatic N) is 1. The molecular weight excluding hydrogens is 252 g/mol. The maximum Gasteiger partial charge on any atom is 0.225 e. The van der Waals surface area contributed by atoms with Gasteiger partial charge in [-0.25, -0.2) is 0 Å². The molecule has 0 unspecified atom stereocenters. The van der Waals surface area contributed by atoms with Gasteiger partial charge in [-0.3, -0.25) is 4.79 Å². The highest BCUT2D eigenvalue weighted by atomic mass is 16.5. The molecule has 0 spiro atoms. The van der Waals surface area contributed by atoms with Crippen LogP contribution in [0.1, 0.15) is 29.5 Å². The molecule has 2 N–H and O–H groups in total. The normalized spacial score (nSPS) is 10.4. The molecule has 1 aromatic carbocycles. The molecule has 0 aromatic heterocycles. The summed E-state index contributed by atoms with van der Waals surface area (Å²) >= 11 is 0. The lowest BCUT2D eigenvalue weighted by atomic mass is 10.1. The van der Waals surface area contributed by atoms with E-state index in [1.165, 1.54) is 11.1 Å². The second-order valence-corrected chi connectivity index (χ2v) is 5.26. The number of hydrogen-bond donors (Lipinski definition) is 1. The molecule has 0 bridgehead atoms. The van der Waals surface area contributed by atoms with Gasteiger partial charge in [0.15, 0.2) is 0 Å². The summed E-state index contributed by atoms with van der Waals surface area (Å²) in [5.74, 6) is 0.973. The van der Waals surface area contributed by atoms with Gasteiger partial charge in [-0.1, -0.05) is 6.07 Å². The van der Waals surface area contributed by atoms with E-state index in [0.717, 1.165) is 17.7 Å². The van der Waals surface area contributed by atoms with Crippen LogP contribution in [0.4, 0.5) is 0 Å². The third kappa shape index (κ3) is 4.85. The zero-order valence-electron chi connectivity index (χ0n) is 13.0. The van der Waals surface area contributed by atoms with Crippen molar-refractivity contribution in [3.05, 3.63) is 28.8 Å². The van der Waals surface area contributed by atoms with E-state index in [1.807, 2.05) is 19.9 Å². The number of carbonyl (C=O) groups excluding carboxylic acids is 1. The van der Waals surface area contributed by atoms with Gasteiger partial charge in [0, 0.05) is 13.6 Å². The molecule has 4 heteroatoms. The lowest BCUT2D eigenvalue weighted by molar-refractivity contribution is -0.130. The maximum absolute atomic E-state index is 11.9. The molecule has 0 radical (unpaired) electrons. The zero-order valence-corrected chi connectivity index (χ0v) is 13.0. The Morgan fingerprint density at radius 2 is 2.00 bits per heavy atom. The van der Waals surface area contributed by atoms with Gasteiger partial charge in [0.2, 0.25) is 5.91 Å². The average Bonchev–Trinajstić information content (AvgIpc) is 2.41. The van der Waals surface area contributed by atoms with E-state index in [4.69, 9.17) is 10.5 Å². The quantitative estimate of drug-likeness (QED) is 0.832. The van der Waals surface area contributed by atoms with Crippen molar-refractivity contribution < 1.29 is 9.53 Å². The minimum atomic E-state index is 0.0977. The molecule has 1 amide bonds. The first-order valence-electron chi connectivity index (χ1n) is 7.10. The Balaban J connectivity index is 2.46. The third-order valence-electron chi connectivity index (χ3n) is 3.46. The van der Waals surface area contributed by atoms with Crippen molar-refractivity contribution in [1.29, 1.82) is 0 Å². The number of aryl methyl sites for hydroxylation is 2. The molecule has 0 saturated carbocycles. The molecule has 4 nitrogen and oxygen atoms in total. The fourth-order valence-electron chi connectivity index (χ4n) is 2.04. The summed E-state index contributed by atoms with van der Waals surface area (Å²) in [6, 6.07) is 4.15. The molecule has 20 heavy (non-hydrogen) atoms. The second kappa shape index (κ2) is 7.90. The van der Waals surface area contributed by atoms with Crippen LogP contribution in [0.2, 0.25) is 0 Å². The van der Waals surface area contributed by atoms with Crippen molar-refractivity contribution in [1.82, 2.24) is 4.90 Å². The Morgan fingerprint density at radius 1 is 1.30 bits per heavy atom.